The first kappa shape index (κ1) is 10.2. The predicted octanol–water partition coefficient (Wildman–Crippen LogP) is 0.886. The number of carbonyl (C=O) groups excluding carboxylic acids is 2. The molecule has 0 rings (SSSR count). The molecular formula is C6H10ClNO3. The molecule has 0 unspecified atom stereocenters. The summed E-state index contributed by atoms with van der Waals surface area (Å²) in [6.07, 6.45) is -0.997. The van der Waals surface area contributed by atoms with E-state index in [1.165, 1.54) is 0 Å². The normalized spacial score (nSPS) is 9.45. The largest absolute Gasteiger partial charge is 0.447 e. The molecule has 0 aromatic carbocycles. The molecule has 64 valence electrons. The van der Waals surface area contributed by atoms with Crippen molar-refractivity contribution in [1.29, 1.82) is 0 Å². The zero-order valence-electron chi connectivity index (χ0n) is 6.39. The van der Waals surface area contributed by atoms with Crippen molar-refractivity contribution in [1.82, 2.24) is 5.32 Å². The summed E-state index contributed by atoms with van der Waals surface area (Å²) in [5, 5.41) is 1.93. The van der Waals surface area contributed by atoms with Crippen LogP contribution >= 0.6 is 11.6 Å². The van der Waals surface area contributed by atoms with Crippen LogP contribution in [0, 0.1) is 0 Å². The standard InChI is InChI=1S/C6H10ClNO3/c1-4(2)11-6(10)8-5(9)3-7/h4H,3H2,1-2H3,(H,8,9,10). The summed E-state index contributed by atoms with van der Waals surface area (Å²) in [6.45, 7) is 3.37. The van der Waals surface area contributed by atoms with E-state index in [4.69, 9.17) is 11.6 Å². The third kappa shape index (κ3) is 5.66. The van der Waals surface area contributed by atoms with Gasteiger partial charge in [-0.15, -0.1) is 11.6 Å². The monoisotopic (exact) mass is 179 g/mol. The molecule has 0 aliphatic heterocycles. The van der Waals surface area contributed by atoms with E-state index >= 15 is 0 Å². The zero-order chi connectivity index (χ0) is 8.85. The number of hydrogen-bond acceptors (Lipinski definition) is 3. The van der Waals surface area contributed by atoms with Gasteiger partial charge < -0.3 is 4.74 Å². The Kier molecular flexibility index (Phi) is 4.61. The lowest BCUT2D eigenvalue weighted by Gasteiger charge is -2.06. The first-order chi connectivity index (χ1) is 5.06. The van der Waals surface area contributed by atoms with Crippen molar-refractivity contribution in [3.63, 3.8) is 0 Å². The Morgan fingerprint density at radius 2 is 2.09 bits per heavy atom. The highest BCUT2D eigenvalue weighted by Crippen LogP contribution is 1.88. The number of alkyl halides is 1. The molecule has 0 fully saturated rings. The Labute approximate surface area is 69.9 Å². The third-order valence-corrected chi connectivity index (χ3v) is 0.948. The highest BCUT2D eigenvalue weighted by molar-refractivity contribution is 6.28. The predicted molar refractivity (Wildman–Crippen MR) is 40.5 cm³/mol. The fraction of sp³-hybridized carbons (Fsp3) is 0.667. The van der Waals surface area contributed by atoms with E-state index in [0.29, 0.717) is 0 Å². The highest BCUT2D eigenvalue weighted by atomic mass is 35.5. The lowest BCUT2D eigenvalue weighted by atomic mass is 10.5. The molecule has 4 nitrogen and oxygen atoms in total. The molecule has 0 spiro atoms. The maximum absolute atomic E-state index is 10.6. The molecule has 2 amide bonds. The molecule has 0 atom stereocenters. The van der Waals surface area contributed by atoms with E-state index in [0.717, 1.165) is 0 Å². The maximum atomic E-state index is 10.6. The SMILES string of the molecule is CC(C)OC(=O)NC(=O)CCl. The first-order valence-electron chi connectivity index (χ1n) is 3.12. The van der Waals surface area contributed by atoms with E-state index in [-0.39, 0.29) is 12.0 Å². The van der Waals surface area contributed by atoms with Gasteiger partial charge in [0.05, 0.1) is 6.10 Å². The van der Waals surface area contributed by atoms with Gasteiger partial charge in [0.2, 0.25) is 5.91 Å². The quantitative estimate of drug-likeness (QED) is 0.641. The van der Waals surface area contributed by atoms with Crippen LogP contribution in [0.5, 0.6) is 0 Å². The van der Waals surface area contributed by atoms with Crippen molar-refractivity contribution >= 4 is 23.6 Å². The third-order valence-electron chi connectivity index (χ3n) is 0.706. The average molecular weight is 180 g/mol. The van der Waals surface area contributed by atoms with Gasteiger partial charge in [-0.2, -0.15) is 0 Å². The molecule has 0 saturated heterocycles. The molecule has 1 N–H and O–H groups in total. The lowest BCUT2D eigenvalue weighted by molar-refractivity contribution is -0.118. The number of carbonyl (C=O) groups is 2. The fourth-order valence-electron chi connectivity index (χ4n) is 0.391. The minimum atomic E-state index is -0.759. The summed E-state index contributed by atoms with van der Waals surface area (Å²) < 4.78 is 4.59. The van der Waals surface area contributed by atoms with Crippen LogP contribution in [0.1, 0.15) is 13.8 Å². The van der Waals surface area contributed by atoms with Crippen LogP contribution in [0.25, 0.3) is 0 Å². The van der Waals surface area contributed by atoms with Crippen molar-refractivity contribution in [3.05, 3.63) is 0 Å². The Morgan fingerprint density at radius 1 is 1.55 bits per heavy atom. The molecule has 11 heavy (non-hydrogen) atoms. The van der Waals surface area contributed by atoms with Gasteiger partial charge in [-0.3, -0.25) is 10.1 Å². The molecule has 0 saturated carbocycles. The second-order valence-corrected chi connectivity index (χ2v) is 2.40. The second kappa shape index (κ2) is 4.96. The average Bonchev–Trinajstić information content (AvgIpc) is 1.85. The number of rotatable bonds is 2. The molecular weight excluding hydrogens is 170 g/mol. The van der Waals surface area contributed by atoms with Crippen LogP contribution in [0.2, 0.25) is 0 Å². The summed E-state index contributed by atoms with van der Waals surface area (Å²) >= 11 is 5.11. The number of nitrogens with one attached hydrogen (secondary N) is 1. The van der Waals surface area contributed by atoms with Crippen LogP contribution in [-0.2, 0) is 9.53 Å². The molecule has 0 aromatic heterocycles. The van der Waals surface area contributed by atoms with E-state index in [9.17, 15) is 9.59 Å². The maximum Gasteiger partial charge on any atom is 0.414 e. The second-order valence-electron chi connectivity index (χ2n) is 2.14. The van der Waals surface area contributed by atoms with Crippen molar-refractivity contribution in [2.24, 2.45) is 0 Å². The van der Waals surface area contributed by atoms with Crippen LogP contribution < -0.4 is 5.32 Å². The minimum Gasteiger partial charge on any atom is -0.447 e. The van der Waals surface area contributed by atoms with Crippen molar-refractivity contribution in [2.75, 3.05) is 5.88 Å². The van der Waals surface area contributed by atoms with E-state index in [2.05, 4.69) is 4.74 Å². The van der Waals surface area contributed by atoms with Gasteiger partial charge in [0, 0.05) is 0 Å². The lowest BCUT2D eigenvalue weighted by Crippen LogP contribution is -2.33. The fourth-order valence-corrected chi connectivity index (χ4v) is 0.458. The van der Waals surface area contributed by atoms with E-state index in [1.54, 1.807) is 13.8 Å². The van der Waals surface area contributed by atoms with Crippen LogP contribution in [0.15, 0.2) is 0 Å². The van der Waals surface area contributed by atoms with Crippen LogP contribution in [0.3, 0.4) is 0 Å². The van der Waals surface area contributed by atoms with Crippen molar-refractivity contribution in [3.8, 4) is 0 Å². The first-order valence-corrected chi connectivity index (χ1v) is 3.66. The Morgan fingerprint density at radius 3 is 2.45 bits per heavy atom. The topological polar surface area (TPSA) is 55.4 Å². The van der Waals surface area contributed by atoms with Crippen LogP contribution in [-0.4, -0.2) is 24.0 Å². The van der Waals surface area contributed by atoms with Gasteiger partial charge in [-0.25, -0.2) is 4.79 Å². The molecule has 5 heteroatoms. The smallest absolute Gasteiger partial charge is 0.414 e. The number of ether oxygens (including phenoxy) is 1. The Bertz CT molecular complexity index is 158. The molecule has 0 aliphatic carbocycles. The van der Waals surface area contributed by atoms with Gasteiger partial charge >= 0.3 is 6.09 Å². The van der Waals surface area contributed by atoms with Crippen molar-refractivity contribution < 1.29 is 14.3 Å². The molecule has 0 heterocycles. The zero-order valence-corrected chi connectivity index (χ0v) is 7.14. The number of hydrogen-bond donors (Lipinski definition) is 1. The summed E-state index contributed by atoms with van der Waals surface area (Å²) in [7, 11) is 0. The van der Waals surface area contributed by atoms with Gasteiger partial charge in [-0.1, -0.05) is 0 Å². The molecule has 0 bridgehead atoms. The number of alkyl carbamates (subject to hydrolysis) is 1. The van der Waals surface area contributed by atoms with Gasteiger partial charge in [0.1, 0.15) is 5.88 Å². The van der Waals surface area contributed by atoms with Crippen molar-refractivity contribution in [2.45, 2.75) is 20.0 Å². The summed E-state index contributed by atoms with van der Waals surface area (Å²) in [4.78, 5) is 21.1. The van der Waals surface area contributed by atoms with Gasteiger partial charge in [0.25, 0.3) is 0 Å². The highest BCUT2D eigenvalue weighted by Gasteiger charge is 2.07. The Hall–Kier alpha value is -0.770. The number of halogens is 1. The number of amides is 2. The summed E-state index contributed by atoms with van der Waals surface area (Å²) in [6, 6.07) is 0. The Balaban J connectivity index is 3.61. The van der Waals surface area contributed by atoms with E-state index < -0.39 is 12.0 Å². The van der Waals surface area contributed by atoms with Crippen LogP contribution in [0.4, 0.5) is 4.79 Å². The van der Waals surface area contributed by atoms with E-state index in [1.807, 2.05) is 5.32 Å². The minimum absolute atomic E-state index is 0.238. The van der Waals surface area contributed by atoms with Gasteiger partial charge in [0.15, 0.2) is 0 Å². The summed E-state index contributed by atoms with van der Waals surface area (Å²) in [5.41, 5.74) is 0. The molecule has 0 aromatic rings. The molecule has 0 aliphatic rings. The summed E-state index contributed by atoms with van der Waals surface area (Å²) in [5.74, 6) is -0.801. The van der Waals surface area contributed by atoms with Gasteiger partial charge in [-0.05, 0) is 13.8 Å². The molecule has 0 radical (unpaired) electrons. The number of imide groups is 1.